The van der Waals surface area contributed by atoms with Gasteiger partial charge in [-0.25, -0.2) is 4.79 Å². The van der Waals surface area contributed by atoms with E-state index in [1.807, 2.05) is 17.5 Å². The van der Waals surface area contributed by atoms with E-state index in [1.54, 1.807) is 13.8 Å². The third-order valence-corrected chi connectivity index (χ3v) is 3.68. The van der Waals surface area contributed by atoms with Gasteiger partial charge < -0.3 is 15.4 Å². The number of ether oxygens (including phenoxy) is 1. The first-order chi connectivity index (χ1) is 8.99. The number of amides is 2. The molecule has 5 nitrogen and oxygen atoms in total. The smallest absolute Gasteiger partial charge is 0.319 e. The summed E-state index contributed by atoms with van der Waals surface area (Å²) in [5.74, 6) is -0.996. The second-order valence-corrected chi connectivity index (χ2v) is 5.56. The van der Waals surface area contributed by atoms with Gasteiger partial charge in [0.1, 0.15) is 5.92 Å². The minimum atomic E-state index is -0.612. The molecule has 1 fully saturated rings. The predicted molar refractivity (Wildman–Crippen MR) is 72.6 cm³/mol. The minimum absolute atomic E-state index is 0.207. The van der Waals surface area contributed by atoms with Crippen LogP contribution in [0.15, 0.2) is 29.8 Å². The predicted octanol–water partition coefficient (Wildman–Crippen LogP) is 2.18. The van der Waals surface area contributed by atoms with Crippen LogP contribution in [0, 0.1) is 5.92 Å². The summed E-state index contributed by atoms with van der Waals surface area (Å²) in [5.41, 5.74) is 0.368. The molecule has 0 spiro atoms. The Kier molecular flexibility index (Phi) is 3.90. The third-order valence-electron chi connectivity index (χ3n) is 2.72. The second-order valence-electron chi connectivity index (χ2n) is 4.58. The van der Waals surface area contributed by atoms with Gasteiger partial charge in [-0.3, -0.25) is 4.79 Å². The Morgan fingerprint density at radius 2 is 2.26 bits per heavy atom. The van der Waals surface area contributed by atoms with E-state index in [9.17, 15) is 9.59 Å². The van der Waals surface area contributed by atoms with E-state index in [2.05, 4.69) is 17.2 Å². The van der Waals surface area contributed by atoms with Crippen molar-refractivity contribution in [3.05, 3.63) is 34.7 Å². The summed E-state index contributed by atoms with van der Waals surface area (Å²) in [6.07, 6.45) is -0.207. The molecule has 0 aliphatic carbocycles. The lowest BCUT2D eigenvalue weighted by Gasteiger charge is -2.32. The molecule has 2 atom stereocenters. The zero-order chi connectivity index (χ0) is 14.0. The topological polar surface area (TPSA) is 67.4 Å². The van der Waals surface area contributed by atoms with E-state index in [4.69, 9.17) is 4.74 Å². The molecule has 1 aliphatic heterocycles. The molecule has 2 rings (SSSR count). The van der Waals surface area contributed by atoms with Crippen LogP contribution in [-0.4, -0.2) is 18.1 Å². The van der Waals surface area contributed by atoms with Crippen molar-refractivity contribution in [2.75, 3.05) is 0 Å². The van der Waals surface area contributed by atoms with Crippen LogP contribution in [0.4, 0.5) is 4.79 Å². The van der Waals surface area contributed by atoms with Crippen molar-refractivity contribution in [1.82, 2.24) is 10.6 Å². The molecule has 1 aliphatic rings. The summed E-state index contributed by atoms with van der Waals surface area (Å²) in [6, 6.07) is 2.98. The normalized spacial score (nSPS) is 22.9. The summed E-state index contributed by atoms with van der Waals surface area (Å²) in [6.45, 7) is 7.34. The lowest BCUT2D eigenvalue weighted by Crippen LogP contribution is -2.51. The minimum Gasteiger partial charge on any atom is -0.462 e. The molecular formula is C13H16N2O3S. The number of hydrogen-bond donors (Lipinski definition) is 2. The molecule has 0 saturated carbocycles. The van der Waals surface area contributed by atoms with E-state index in [-0.39, 0.29) is 18.1 Å². The number of rotatable bonds is 3. The Labute approximate surface area is 115 Å². The fraction of sp³-hybridized carbons (Fsp3) is 0.385. The molecule has 2 amide bonds. The van der Waals surface area contributed by atoms with Gasteiger partial charge in [0.2, 0.25) is 0 Å². The van der Waals surface area contributed by atoms with Crippen molar-refractivity contribution in [3.63, 3.8) is 0 Å². The molecule has 0 bridgehead atoms. The first-order valence-corrected chi connectivity index (χ1v) is 6.87. The summed E-state index contributed by atoms with van der Waals surface area (Å²) < 4.78 is 5.24. The van der Waals surface area contributed by atoms with Crippen molar-refractivity contribution < 1.29 is 14.3 Å². The van der Waals surface area contributed by atoms with E-state index in [1.165, 1.54) is 11.3 Å². The molecular weight excluding hydrogens is 264 g/mol. The highest BCUT2D eigenvalue weighted by Crippen LogP contribution is 2.32. The first kappa shape index (κ1) is 13.6. The third kappa shape index (κ3) is 2.96. The van der Waals surface area contributed by atoms with Crippen LogP contribution in [-0.2, 0) is 9.53 Å². The van der Waals surface area contributed by atoms with E-state index >= 15 is 0 Å². The van der Waals surface area contributed by atoms with Crippen LogP contribution in [0.25, 0.3) is 0 Å². The SMILES string of the molecule is C=C1NC(=O)NC(c2cccs2)C1C(=O)OC(C)C. The Morgan fingerprint density at radius 1 is 1.53 bits per heavy atom. The average Bonchev–Trinajstić information content (AvgIpc) is 2.79. The zero-order valence-electron chi connectivity index (χ0n) is 10.8. The van der Waals surface area contributed by atoms with Crippen molar-refractivity contribution in [2.45, 2.75) is 26.0 Å². The zero-order valence-corrected chi connectivity index (χ0v) is 11.6. The largest absolute Gasteiger partial charge is 0.462 e. The Hall–Kier alpha value is -1.82. The van der Waals surface area contributed by atoms with Crippen LogP contribution in [0.5, 0.6) is 0 Å². The number of carbonyl (C=O) groups excluding carboxylic acids is 2. The second kappa shape index (κ2) is 5.44. The van der Waals surface area contributed by atoms with Crippen molar-refractivity contribution in [1.29, 1.82) is 0 Å². The Balaban J connectivity index is 2.27. The van der Waals surface area contributed by atoms with Gasteiger partial charge in [-0.15, -0.1) is 11.3 Å². The van der Waals surface area contributed by atoms with Gasteiger partial charge >= 0.3 is 12.0 Å². The summed E-state index contributed by atoms with van der Waals surface area (Å²) >= 11 is 1.48. The molecule has 1 saturated heterocycles. The number of esters is 1. The fourth-order valence-electron chi connectivity index (χ4n) is 1.97. The van der Waals surface area contributed by atoms with E-state index in [0.29, 0.717) is 5.70 Å². The molecule has 102 valence electrons. The molecule has 2 N–H and O–H groups in total. The highest BCUT2D eigenvalue weighted by Gasteiger charge is 2.39. The van der Waals surface area contributed by atoms with Gasteiger partial charge in [-0.2, -0.15) is 0 Å². The van der Waals surface area contributed by atoms with Crippen LogP contribution in [0.2, 0.25) is 0 Å². The number of carbonyl (C=O) groups is 2. The highest BCUT2D eigenvalue weighted by molar-refractivity contribution is 7.10. The maximum atomic E-state index is 12.2. The maximum Gasteiger partial charge on any atom is 0.319 e. The molecule has 6 heteroatoms. The van der Waals surface area contributed by atoms with Gasteiger partial charge in [0.05, 0.1) is 12.1 Å². The standard InChI is InChI=1S/C13H16N2O3S/c1-7(2)18-12(16)10-8(3)14-13(17)15-11(10)9-5-4-6-19-9/h4-7,10-11H,3H2,1-2H3,(H2,14,15,17). The first-order valence-electron chi connectivity index (χ1n) is 5.99. The molecule has 2 unspecified atom stereocenters. The van der Waals surface area contributed by atoms with Gasteiger partial charge in [-0.1, -0.05) is 12.6 Å². The lowest BCUT2D eigenvalue weighted by atomic mass is 9.93. The average molecular weight is 280 g/mol. The van der Waals surface area contributed by atoms with Gasteiger partial charge in [-0.05, 0) is 25.3 Å². The van der Waals surface area contributed by atoms with Crippen molar-refractivity contribution in [2.24, 2.45) is 5.92 Å². The van der Waals surface area contributed by atoms with Crippen LogP contribution in [0.3, 0.4) is 0 Å². The molecule has 0 radical (unpaired) electrons. The fourth-order valence-corrected chi connectivity index (χ4v) is 2.79. The maximum absolute atomic E-state index is 12.2. The number of nitrogens with one attached hydrogen (secondary N) is 2. The van der Waals surface area contributed by atoms with Gasteiger partial charge in [0, 0.05) is 10.6 Å². The number of hydrogen-bond acceptors (Lipinski definition) is 4. The van der Waals surface area contributed by atoms with Crippen molar-refractivity contribution >= 4 is 23.3 Å². The molecule has 2 heterocycles. The van der Waals surface area contributed by atoms with Gasteiger partial charge in [0.15, 0.2) is 0 Å². The number of urea groups is 1. The molecule has 1 aromatic heterocycles. The molecule has 0 aromatic carbocycles. The highest BCUT2D eigenvalue weighted by atomic mass is 32.1. The van der Waals surface area contributed by atoms with E-state index < -0.39 is 12.0 Å². The van der Waals surface area contributed by atoms with Crippen LogP contribution < -0.4 is 10.6 Å². The van der Waals surface area contributed by atoms with Crippen molar-refractivity contribution in [3.8, 4) is 0 Å². The lowest BCUT2D eigenvalue weighted by molar-refractivity contribution is -0.152. The van der Waals surface area contributed by atoms with Gasteiger partial charge in [0.25, 0.3) is 0 Å². The summed E-state index contributed by atoms with van der Waals surface area (Å²) in [5, 5.41) is 7.19. The van der Waals surface area contributed by atoms with Crippen LogP contribution >= 0.6 is 11.3 Å². The number of thiophene rings is 1. The molecule has 1 aromatic rings. The van der Waals surface area contributed by atoms with E-state index in [0.717, 1.165) is 4.88 Å². The monoisotopic (exact) mass is 280 g/mol. The Morgan fingerprint density at radius 3 is 2.84 bits per heavy atom. The summed E-state index contributed by atoms with van der Waals surface area (Å²) in [7, 11) is 0. The molecule has 19 heavy (non-hydrogen) atoms. The Bertz CT molecular complexity index is 496. The summed E-state index contributed by atoms with van der Waals surface area (Å²) in [4.78, 5) is 24.6. The quantitative estimate of drug-likeness (QED) is 0.834. The van der Waals surface area contributed by atoms with Crippen LogP contribution in [0.1, 0.15) is 24.8 Å².